The molecule has 0 aliphatic heterocycles. The van der Waals surface area contributed by atoms with E-state index < -0.39 is 6.10 Å². The van der Waals surface area contributed by atoms with Crippen molar-refractivity contribution in [2.45, 2.75) is 162 Å². The zero-order chi connectivity index (χ0) is 35.8. The molecule has 274 valence electrons. The van der Waals surface area contributed by atoms with Crippen LogP contribution in [0.15, 0.2) is 65.8 Å². The molecule has 5 heteroatoms. The Bertz CT molecular complexity index is 1140. The summed E-state index contributed by atoms with van der Waals surface area (Å²) in [7, 11) is 0. The van der Waals surface area contributed by atoms with E-state index in [1.807, 2.05) is 44.2 Å². The molecule has 1 rings (SSSR count). The summed E-state index contributed by atoms with van der Waals surface area (Å²) < 4.78 is 5.29. The summed E-state index contributed by atoms with van der Waals surface area (Å²) in [6, 6.07) is 10.4. The average molecular weight is 676 g/mol. The molecule has 0 spiro atoms. The second kappa shape index (κ2) is 30.9. The van der Waals surface area contributed by atoms with Crippen LogP contribution in [0.1, 0.15) is 155 Å². The van der Waals surface area contributed by atoms with Crippen molar-refractivity contribution >= 4 is 11.9 Å². The van der Waals surface area contributed by atoms with E-state index in [0.717, 1.165) is 31.3 Å². The Hall–Kier alpha value is -3.10. The molecular weight excluding hydrogens is 606 g/mol. The Morgan fingerprint density at radius 3 is 2.04 bits per heavy atom. The maximum absolute atomic E-state index is 12.3. The van der Waals surface area contributed by atoms with Gasteiger partial charge in [-0.1, -0.05) is 164 Å². The number of nitrogens with one attached hydrogen (secondary N) is 1. The fourth-order valence-electron chi connectivity index (χ4n) is 5.72. The molecule has 0 unspecified atom stereocenters. The first kappa shape index (κ1) is 43.9. The Kier molecular flexibility index (Phi) is 27.7. The second-order valence-electron chi connectivity index (χ2n) is 13.6. The Morgan fingerprint density at radius 1 is 0.837 bits per heavy atom. The zero-order valence-electron chi connectivity index (χ0n) is 31.6. The number of rotatable bonds is 28. The highest BCUT2D eigenvalue weighted by atomic mass is 16.5. The third-order valence-electron chi connectivity index (χ3n) is 9.01. The van der Waals surface area contributed by atoms with Gasteiger partial charge in [-0.05, 0) is 56.7 Å². The van der Waals surface area contributed by atoms with Crippen LogP contribution in [0, 0.1) is 17.8 Å². The SMILES string of the molecule is CCCCCCCCCCCCCCCCCC(=O)OCCNC(=O)/C(C)=C/CCC#C/C=C/[C@@H](C)[C@@H](O)/C(C)=C/CCc1ccccc1. The predicted molar refractivity (Wildman–Crippen MR) is 207 cm³/mol. The van der Waals surface area contributed by atoms with E-state index in [4.69, 9.17) is 4.74 Å². The molecule has 0 aliphatic rings. The predicted octanol–water partition coefficient (Wildman–Crippen LogP) is 10.8. The molecule has 0 radical (unpaired) electrons. The minimum absolute atomic E-state index is 0.0266. The van der Waals surface area contributed by atoms with Crippen LogP contribution in [0.3, 0.4) is 0 Å². The number of hydrogen-bond donors (Lipinski definition) is 2. The molecule has 1 aromatic carbocycles. The lowest BCUT2D eigenvalue weighted by atomic mass is 9.96. The highest BCUT2D eigenvalue weighted by Gasteiger charge is 2.12. The number of aliphatic hydroxyl groups excluding tert-OH is 1. The minimum Gasteiger partial charge on any atom is -0.464 e. The van der Waals surface area contributed by atoms with Crippen LogP contribution in [-0.4, -0.2) is 36.2 Å². The summed E-state index contributed by atoms with van der Waals surface area (Å²) >= 11 is 0. The monoisotopic (exact) mass is 676 g/mol. The molecule has 5 nitrogen and oxygen atoms in total. The van der Waals surface area contributed by atoms with Gasteiger partial charge in [0.1, 0.15) is 6.61 Å². The van der Waals surface area contributed by atoms with Gasteiger partial charge in [0.15, 0.2) is 0 Å². The molecule has 0 bridgehead atoms. The van der Waals surface area contributed by atoms with Crippen molar-refractivity contribution in [3.8, 4) is 11.8 Å². The minimum atomic E-state index is -0.528. The molecule has 0 saturated carbocycles. The van der Waals surface area contributed by atoms with Crippen LogP contribution in [0.25, 0.3) is 0 Å². The molecule has 49 heavy (non-hydrogen) atoms. The Morgan fingerprint density at radius 2 is 1.43 bits per heavy atom. The first-order valence-corrected chi connectivity index (χ1v) is 19.5. The number of carbonyl (C=O) groups is 2. The van der Waals surface area contributed by atoms with E-state index in [-0.39, 0.29) is 24.4 Å². The van der Waals surface area contributed by atoms with Gasteiger partial charge < -0.3 is 15.2 Å². The third kappa shape index (κ3) is 25.5. The largest absolute Gasteiger partial charge is 0.464 e. The normalized spacial score (nSPS) is 13.2. The van der Waals surface area contributed by atoms with Gasteiger partial charge >= 0.3 is 5.97 Å². The number of ether oxygens (including phenoxy) is 1. The summed E-state index contributed by atoms with van der Waals surface area (Å²) in [5.41, 5.74) is 2.91. The van der Waals surface area contributed by atoms with E-state index in [1.165, 1.54) is 89.0 Å². The molecular formula is C44H69NO4. The van der Waals surface area contributed by atoms with Gasteiger partial charge in [0.05, 0.1) is 12.6 Å². The lowest BCUT2D eigenvalue weighted by Gasteiger charge is -2.16. The smallest absolute Gasteiger partial charge is 0.305 e. The molecule has 1 aromatic rings. The molecule has 2 atom stereocenters. The van der Waals surface area contributed by atoms with E-state index in [0.29, 0.717) is 31.4 Å². The highest BCUT2D eigenvalue weighted by molar-refractivity contribution is 5.92. The third-order valence-corrected chi connectivity index (χ3v) is 9.01. The lowest BCUT2D eigenvalue weighted by Crippen LogP contribution is -2.28. The lowest BCUT2D eigenvalue weighted by molar-refractivity contribution is -0.144. The van der Waals surface area contributed by atoms with Crippen molar-refractivity contribution in [3.63, 3.8) is 0 Å². The summed E-state index contributed by atoms with van der Waals surface area (Å²) in [4.78, 5) is 24.3. The first-order valence-electron chi connectivity index (χ1n) is 19.5. The molecule has 0 aromatic heterocycles. The maximum atomic E-state index is 12.3. The van der Waals surface area contributed by atoms with Crippen LogP contribution in [0.4, 0.5) is 0 Å². The van der Waals surface area contributed by atoms with Crippen LogP contribution < -0.4 is 5.32 Å². The summed E-state index contributed by atoms with van der Waals surface area (Å²) in [5, 5.41) is 13.4. The van der Waals surface area contributed by atoms with Crippen molar-refractivity contribution < 1.29 is 19.4 Å². The van der Waals surface area contributed by atoms with Crippen molar-refractivity contribution in [1.82, 2.24) is 5.32 Å². The molecule has 1 amide bonds. The average Bonchev–Trinajstić information content (AvgIpc) is 3.11. The van der Waals surface area contributed by atoms with E-state index in [2.05, 4.69) is 42.3 Å². The van der Waals surface area contributed by atoms with Gasteiger partial charge in [-0.15, -0.1) is 0 Å². The second-order valence-corrected chi connectivity index (χ2v) is 13.6. The molecule has 0 heterocycles. The van der Waals surface area contributed by atoms with E-state index in [1.54, 1.807) is 13.0 Å². The number of benzene rings is 1. The van der Waals surface area contributed by atoms with Crippen LogP contribution in [0.5, 0.6) is 0 Å². The number of allylic oxidation sites excluding steroid dienone is 3. The Balaban J connectivity index is 2.04. The van der Waals surface area contributed by atoms with Crippen molar-refractivity contribution in [2.24, 2.45) is 5.92 Å². The standard InChI is InChI=1S/C44H69NO4/c1-5-6-7-8-9-10-11-12-13-14-15-16-17-21-27-35-42(46)49-37-36-45-44(48)40(4)30-24-20-18-19-23-29-38(2)43(47)39(3)31-28-34-41-32-25-22-26-33-41/h22-23,25-26,29-33,38,43,47H,5-17,20-21,24,27-28,34-37H2,1-4H3,(H,45,48)/b29-23+,39-31+,40-30+/t38-,43-/m1/s1. The Labute approximate surface area is 300 Å². The quantitative estimate of drug-likeness (QED) is 0.0305. The van der Waals surface area contributed by atoms with Gasteiger partial charge in [0, 0.05) is 24.3 Å². The number of hydrogen-bond acceptors (Lipinski definition) is 4. The maximum Gasteiger partial charge on any atom is 0.305 e. The number of unbranched alkanes of at least 4 members (excludes halogenated alkanes) is 15. The fraction of sp³-hybridized carbons (Fsp3) is 0.636. The van der Waals surface area contributed by atoms with E-state index >= 15 is 0 Å². The number of aliphatic hydroxyl groups is 1. The van der Waals surface area contributed by atoms with Gasteiger partial charge in [0.2, 0.25) is 5.91 Å². The zero-order valence-corrected chi connectivity index (χ0v) is 31.6. The van der Waals surface area contributed by atoms with Gasteiger partial charge in [0.25, 0.3) is 0 Å². The van der Waals surface area contributed by atoms with E-state index in [9.17, 15) is 14.7 Å². The summed E-state index contributed by atoms with van der Waals surface area (Å²) in [5.74, 6) is 5.77. The number of carbonyl (C=O) groups excluding carboxylic acids is 2. The number of amides is 1. The topological polar surface area (TPSA) is 75.6 Å². The first-order chi connectivity index (χ1) is 23.8. The van der Waals surface area contributed by atoms with Gasteiger partial charge in [-0.3, -0.25) is 9.59 Å². The van der Waals surface area contributed by atoms with Crippen molar-refractivity contribution in [1.29, 1.82) is 0 Å². The van der Waals surface area contributed by atoms with Crippen LogP contribution in [-0.2, 0) is 20.7 Å². The molecule has 2 N–H and O–H groups in total. The van der Waals surface area contributed by atoms with Crippen LogP contribution >= 0.6 is 0 Å². The number of esters is 1. The molecule has 0 fully saturated rings. The number of aryl methyl sites for hydroxylation is 1. The highest BCUT2D eigenvalue weighted by Crippen LogP contribution is 2.16. The molecule has 0 saturated heterocycles. The fourth-order valence-corrected chi connectivity index (χ4v) is 5.72. The summed E-state index contributed by atoms with van der Waals surface area (Å²) in [6.45, 7) is 8.53. The van der Waals surface area contributed by atoms with Crippen molar-refractivity contribution in [2.75, 3.05) is 13.2 Å². The van der Waals surface area contributed by atoms with Gasteiger partial charge in [-0.25, -0.2) is 0 Å². The van der Waals surface area contributed by atoms with Gasteiger partial charge in [-0.2, -0.15) is 0 Å². The van der Waals surface area contributed by atoms with Crippen molar-refractivity contribution in [3.05, 3.63) is 71.3 Å². The van der Waals surface area contributed by atoms with Crippen LogP contribution in [0.2, 0.25) is 0 Å². The molecule has 0 aliphatic carbocycles. The summed E-state index contributed by atoms with van der Waals surface area (Å²) in [6.07, 6.45) is 30.4.